The van der Waals surface area contributed by atoms with E-state index in [1.807, 2.05) is 40.1 Å². The smallest absolute Gasteiger partial charge is 0.407 e. The Labute approximate surface area is 170 Å². The van der Waals surface area contributed by atoms with Crippen molar-refractivity contribution in [3.8, 4) is 0 Å². The number of rotatable bonds is 7. The highest BCUT2D eigenvalue weighted by molar-refractivity contribution is 5.91. The monoisotopic (exact) mass is 402 g/mol. The minimum Gasteiger partial charge on any atom is -0.446 e. The van der Waals surface area contributed by atoms with E-state index in [0.717, 1.165) is 36.9 Å². The van der Waals surface area contributed by atoms with Gasteiger partial charge in [0, 0.05) is 36.5 Å². The number of carbonyl (C=O) groups is 2. The normalized spacial score (nSPS) is 19.2. The standard InChI is InChI=1S/C20H30N6O3/c1-5-20(2,3)23-19(28)29-15-7-6-14(9-15)16-10-17(25-24-16)22-18(27)8-13-11-21-26(4)12-13/h10-12,14-15H,5-9H2,1-4H3,(H,23,28)(H2,22,24,25,27)/t14-,15+/m0/s1. The summed E-state index contributed by atoms with van der Waals surface area (Å²) in [6.45, 7) is 5.97. The molecule has 1 fully saturated rings. The molecular weight excluding hydrogens is 372 g/mol. The summed E-state index contributed by atoms with van der Waals surface area (Å²) in [5.74, 6) is 0.586. The van der Waals surface area contributed by atoms with Crippen molar-refractivity contribution in [2.75, 3.05) is 5.32 Å². The van der Waals surface area contributed by atoms with Crippen LogP contribution in [0.2, 0.25) is 0 Å². The second-order valence-corrected chi connectivity index (χ2v) is 8.36. The summed E-state index contributed by atoms with van der Waals surface area (Å²) in [7, 11) is 1.81. The van der Waals surface area contributed by atoms with Gasteiger partial charge in [-0.15, -0.1) is 0 Å². The molecule has 1 aliphatic rings. The lowest BCUT2D eigenvalue weighted by Crippen LogP contribution is -2.44. The van der Waals surface area contributed by atoms with Crippen LogP contribution in [-0.2, 0) is 23.0 Å². The molecule has 0 spiro atoms. The van der Waals surface area contributed by atoms with Crippen molar-refractivity contribution >= 4 is 17.8 Å². The van der Waals surface area contributed by atoms with E-state index in [1.54, 1.807) is 10.9 Å². The Morgan fingerprint density at radius 2 is 2.17 bits per heavy atom. The molecule has 2 aromatic heterocycles. The van der Waals surface area contributed by atoms with Gasteiger partial charge in [0.25, 0.3) is 0 Å². The number of aromatic nitrogens is 4. The highest BCUT2D eigenvalue weighted by atomic mass is 16.6. The summed E-state index contributed by atoms with van der Waals surface area (Å²) in [6.07, 6.45) is 6.54. The Morgan fingerprint density at radius 3 is 2.86 bits per heavy atom. The largest absolute Gasteiger partial charge is 0.446 e. The van der Waals surface area contributed by atoms with Gasteiger partial charge in [-0.05, 0) is 45.1 Å². The Hall–Kier alpha value is -2.84. The molecule has 0 saturated heterocycles. The van der Waals surface area contributed by atoms with Gasteiger partial charge in [-0.25, -0.2) is 4.79 Å². The third-order valence-corrected chi connectivity index (χ3v) is 5.41. The maximum atomic E-state index is 12.2. The number of H-pyrrole nitrogens is 1. The zero-order valence-corrected chi connectivity index (χ0v) is 17.5. The molecule has 9 nitrogen and oxygen atoms in total. The molecule has 3 rings (SSSR count). The van der Waals surface area contributed by atoms with E-state index in [9.17, 15) is 9.59 Å². The fraction of sp³-hybridized carbons (Fsp3) is 0.600. The summed E-state index contributed by atoms with van der Waals surface area (Å²) in [5.41, 5.74) is 1.52. The highest BCUT2D eigenvalue weighted by Gasteiger charge is 2.31. The third-order valence-electron chi connectivity index (χ3n) is 5.41. The number of ether oxygens (including phenoxy) is 1. The lowest BCUT2D eigenvalue weighted by molar-refractivity contribution is -0.115. The van der Waals surface area contributed by atoms with E-state index in [0.29, 0.717) is 5.82 Å². The van der Waals surface area contributed by atoms with Crippen LogP contribution in [0, 0.1) is 0 Å². The summed E-state index contributed by atoms with van der Waals surface area (Å²) < 4.78 is 7.24. The number of hydrogen-bond acceptors (Lipinski definition) is 5. The van der Waals surface area contributed by atoms with Gasteiger partial charge in [0.15, 0.2) is 5.82 Å². The molecule has 0 unspecified atom stereocenters. The number of alkyl carbamates (subject to hydrolysis) is 1. The number of aromatic amines is 1. The van der Waals surface area contributed by atoms with Crippen LogP contribution >= 0.6 is 0 Å². The summed E-state index contributed by atoms with van der Waals surface area (Å²) in [6, 6.07) is 1.86. The van der Waals surface area contributed by atoms with Crippen molar-refractivity contribution in [2.45, 2.75) is 70.4 Å². The van der Waals surface area contributed by atoms with Crippen molar-refractivity contribution in [2.24, 2.45) is 7.05 Å². The van der Waals surface area contributed by atoms with Gasteiger partial charge in [0.1, 0.15) is 6.10 Å². The molecular formula is C20H30N6O3. The first kappa shape index (κ1) is 20.9. The SMILES string of the molecule is CCC(C)(C)NC(=O)O[C@@H]1CC[C@H](c2cc(NC(=O)Cc3cnn(C)c3)n[nH]2)C1. The van der Waals surface area contributed by atoms with Gasteiger partial charge in [0.05, 0.1) is 12.6 Å². The molecule has 3 N–H and O–H groups in total. The number of nitrogens with zero attached hydrogens (tertiary/aromatic N) is 3. The third kappa shape index (κ3) is 5.82. The van der Waals surface area contributed by atoms with E-state index in [2.05, 4.69) is 25.9 Å². The molecule has 2 aromatic rings. The zero-order valence-electron chi connectivity index (χ0n) is 17.5. The molecule has 29 heavy (non-hydrogen) atoms. The highest BCUT2D eigenvalue weighted by Crippen LogP contribution is 2.35. The average Bonchev–Trinajstić information content (AvgIpc) is 3.36. The van der Waals surface area contributed by atoms with E-state index >= 15 is 0 Å². The topological polar surface area (TPSA) is 114 Å². The average molecular weight is 402 g/mol. The van der Waals surface area contributed by atoms with E-state index in [1.165, 1.54) is 0 Å². The van der Waals surface area contributed by atoms with Gasteiger partial charge >= 0.3 is 6.09 Å². The molecule has 0 aromatic carbocycles. The fourth-order valence-corrected chi connectivity index (χ4v) is 3.42. The molecule has 1 saturated carbocycles. The number of aryl methyl sites for hydroxylation is 1. The predicted molar refractivity (Wildman–Crippen MR) is 108 cm³/mol. The molecule has 1 aliphatic carbocycles. The van der Waals surface area contributed by atoms with E-state index < -0.39 is 0 Å². The lowest BCUT2D eigenvalue weighted by atomic mass is 10.0. The van der Waals surface area contributed by atoms with Crippen LogP contribution in [0.4, 0.5) is 10.6 Å². The quantitative estimate of drug-likeness (QED) is 0.659. The van der Waals surface area contributed by atoms with E-state index in [4.69, 9.17) is 4.74 Å². The number of nitrogens with one attached hydrogen (secondary N) is 3. The molecule has 0 aliphatic heterocycles. The Morgan fingerprint density at radius 1 is 1.38 bits per heavy atom. The van der Waals surface area contributed by atoms with Crippen LogP contribution in [0.5, 0.6) is 0 Å². The Kier molecular flexibility index (Phi) is 6.24. The first-order valence-electron chi connectivity index (χ1n) is 10.1. The van der Waals surface area contributed by atoms with Crippen molar-refractivity contribution in [3.05, 3.63) is 29.7 Å². The molecule has 158 valence electrons. The van der Waals surface area contributed by atoms with Gasteiger partial charge in [-0.3, -0.25) is 14.6 Å². The Bertz CT molecular complexity index is 856. The minimum atomic E-state index is -0.365. The summed E-state index contributed by atoms with van der Waals surface area (Å²) >= 11 is 0. The predicted octanol–water partition coefficient (Wildman–Crippen LogP) is 2.88. The van der Waals surface area contributed by atoms with Crippen LogP contribution in [0.25, 0.3) is 0 Å². The number of carbonyl (C=O) groups excluding carboxylic acids is 2. The van der Waals surface area contributed by atoms with Crippen LogP contribution in [0.3, 0.4) is 0 Å². The van der Waals surface area contributed by atoms with Crippen molar-refractivity contribution in [1.82, 2.24) is 25.3 Å². The summed E-state index contributed by atoms with van der Waals surface area (Å²) in [5, 5.41) is 17.0. The second-order valence-electron chi connectivity index (χ2n) is 8.36. The number of hydrogen-bond donors (Lipinski definition) is 3. The maximum absolute atomic E-state index is 12.2. The van der Waals surface area contributed by atoms with Crippen LogP contribution < -0.4 is 10.6 Å². The molecule has 0 bridgehead atoms. The zero-order chi connectivity index (χ0) is 21.0. The fourth-order valence-electron chi connectivity index (χ4n) is 3.42. The molecule has 2 heterocycles. The van der Waals surface area contributed by atoms with Gasteiger partial charge in [-0.2, -0.15) is 10.2 Å². The summed E-state index contributed by atoms with van der Waals surface area (Å²) in [4.78, 5) is 24.3. The van der Waals surface area contributed by atoms with Crippen molar-refractivity contribution < 1.29 is 14.3 Å². The number of anilines is 1. The first-order valence-corrected chi connectivity index (χ1v) is 10.1. The van der Waals surface area contributed by atoms with Crippen LogP contribution in [0.1, 0.15) is 63.6 Å². The van der Waals surface area contributed by atoms with Crippen molar-refractivity contribution in [1.29, 1.82) is 0 Å². The molecule has 2 amide bonds. The number of amides is 2. The van der Waals surface area contributed by atoms with Crippen LogP contribution in [-0.4, -0.2) is 43.6 Å². The molecule has 0 radical (unpaired) electrons. The van der Waals surface area contributed by atoms with Crippen LogP contribution in [0.15, 0.2) is 18.5 Å². The molecule has 2 atom stereocenters. The van der Waals surface area contributed by atoms with Gasteiger partial charge < -0.3 is 15.4 Å². The molecule has 9 heteroatoms. The Balaban J connectivity index is 1.48. The minimum absolute atomic E-state index is 0.112. The van der Waals surface area contributed by atoms with E-state index in [-0.39, 0.29) is 36.0 Å². The van der Waals surface area contributed by atoms with Crippen molar-refractivity contribution in [3.63, 3.8) is 0 Å². The lowest BCUT2D eigenvalue weighted by Gasteiger charge is -2.25. The first-order chi connectivity index (χ1) is 13.7. The second kappa shape index (κ2) is 8.67. The van der Waals surface area contributed by atoms with Gasteiger partial charge in [0.2, 0.25) is 5.91 Å². The van der Waals surface area contributed by atoms with Gasteiger partial charge in [-0.1, -0.05) is 6.92 Å². The maximum Gasteiger partial charge on any atom is 0.407 e.